The Kier molecular flexibility index (Phi) is 4.62. The fourth-order valence-corrected chi connectivity index (χ4v) is 2.38. The maximum absolute atomic E-state index is 5.97. The Bertz CT molecular complexity index is 487. The van der Waals surface area contributed by atoms with Crippen molar-refractivity contribution in [2.75, 3.05) is 5.73 Å². The molecule has 0 bridgehead atoms. The lowest BCUT2D eigenvalue weighted by atomic mass is 10.1. The summed E-state index contributed by atoms with van der Waals surface area (Å²) in [6.07, 6.45) is 7.83. The fraction of sp³-hybridized carbons (Fsp3) is 0.533. The minimum atomic E-state index is 0.643. The molecule has 0 spiro atoms. The van der Waals surface area contributed by atoms with E-state index in [0.29, 0.717) is 5.95 Å². The predicted octanol–water partition coefficient (Wildman–Crippen LogP) is 3.98. The molecule has 2 rings (SSSR count). The van der Waals surface area contributed by atoms with Gasteiger partial charge < -0.3 is 10.3 Å². The van der Waals surface area contributed by atoms with Gasteiger partial charge in [0.1, 0.15) is 0 Å². The Balaban J connectivity index is 1.89. The van der Waals surface area contributed by atoms with Crippen molar-refractivity contribution in [3.05, 3.63) is 24.3 Å². The maximum atomic E-state index is 5.97. The number of nitrogens with two attached hydrogens (primary N) is 1. The van der Waals surface area contributed by atoms with Crippen molar-refractivity contribution < 1.29 is 0 Å². The van der Waals surface area contributed by atoms with Gasteiger partial charge in [0.05, 0.1) is 11.0 Å². The third-order valence-electron chi connectivity index (χ3n) is 3.42. The van der Waals surface area contributed by atoms with E-state index >= 15 is 0 Å². The summed E-state index contributed by atoms with van der Waals surface area (Å²) in [5.74, 6) is 0.643. The molecule has 18 heavy (non-hydrogen) atoms. The van der Waals surface area contributed by atoms with Crippen LogP contribution in [0.5, 0.6) is 0 Å². The summed E-state index contributed by atoms with van der Waals surface area (Å²) in [6, 6.07) is 8.16. The molecule has 0 fully saturated rings. The zero-order valence-electron chi connectivity index (χ0n) is 11.2. The zero-order valence-corrected chi connectivity index (χ0v) is 11.2. The van der Waals surface area contributed by atoms with E-state index in [2.05, 4.69) is 22.5 Å². The van der Waals surface area contributed by atoms with Crippen LogP contribution in [0.3, 0.4) is 0 Å². The van der Waals surface area contributed by atoms with Crippen LogP contribution in [0.4, 0.5) is 5.95 Å². The number of rotatable bonds is 7. The minimum absolute atomic E-state index is 0.643. The van der Waals surface area contributed by atoms with Crippen LogP contribution in [0.1, 0.15) is 45.4 Å². The van der Waals surface area contributed by atoms with Crippen LogP contribution in [-0.2, 0) is 6.54 Å². The molecule has 1 heterocycles. The molecule has 0 saturated heterocycles. The standard InChI is InChI=1S/C15H23N3/c1-2-3-4-5-6-9-12-18-14-11-8-7-10-13(14)17-15(18)16/h7-8,10-11H,2-6,9,12H2,1H3,(H2,16,17). The summed E-state index contributed by atoms with van der Waals surface area (Å²) in [5.41, 5.74) is 8.12. The van der Waals surface area contributed by atoms with Gasteiger partial charge in [-0.25, -0.2) is 4.98 Å². The predicted molar refractivity (Wildman–Crippen MR) is 77.5 cm³/mol. The molecule has 0 atom stereocenters. The molecular formula is C15H23N3. The molecule has 0 saturated carbocycles. The van der Waals surface area contributed by atoms with E-state index in [0.717, 1.165) is 17.6 Å². The Hall–Kier alpha value is -1.51. The number of aromatic nitrogens is 2. The fourth-order valence-electron chi connectivity index (χ4n) is 2.38. The molecule has 1 aromatic carbocycles. The molecular weight excluding hydrogens is 222 g/mol. The highest BCUT2D eigenvalue weighted by Crippen LogP contribution is 2.18. The number of hydrogen-bond donors (Lipinski definition) is 1. The van der Waals surface area contributed by atoms with E-state index in [1.54, 1.807) is 0 Å². The second-order valence-electron chi connectivity index (χ2n) is 4.88. The summed E-state index contributed by atoms with van der Waals surface area (Å²) in [5, 5.41) is 0. The maximum Gasteiger partial charge on any atom is 0.201 e. The van der Waals surface area contributed by atoms with Gasteiger partial charge in [-0.3, -0.25) is 0 Å². The first kappa shape index (κ1) is 12.9. The number of nitrogens with zero attached hydrogens (tertiary/aromatic N) is 2. The van der Waals surface area contributed by atoms with Gasteiger partial charge in [-0.2, -0.15) is 0 Å². The average Bonchev–Trinajstić information content (AvgIpc) is 2.70. The second kappa shape index (κ2) is 6.43. The monoisotopic (exact) mass is 245 g/mol. The van der Waals surface area contributed by atoms with Crippen molar-refractivity contribution in [2.45, 2.75) is 52.0 Å². The van der Waals surface area contributed by atoms with Gasteiger partial charge >= 0.3 is 0 Å². The highest BCUT2D eigenvalue weighted by molar-refractivity contribution is 5.78. The van der Waals surface area contributed by atoms with Crippen LogP contribution in [0.25, 0.3) is 11.0 Å². The number of fused-ring (bicyclic) bond motifs is 1. The molecule has 0 amide bonds. The van der Waals surface area contributed by atoms with Crippen LogP contribution in [0.2, 0.25) is 0 Å². The van der Waals surface area contributed by atoms with E-state index in [9.17, 15) is 0 Å². The third-order valence-corrected chi connectivity index (χ3v) is 3.42. The lowest BCUT2D eigenvalue weighted by molar-refractivity contribution is 0.567. The Morgan fingerprint density at radius 1 is 1.06 bits per heavy atom. The van der Waals surface area contributed by atoms with Gasteiger partial charge in [0.2, 0.25) is 5.95 Å². The molecule has 1 aromatic heterocycles. The Morgan fingerprint density at radius 2 is 1.78 bits per heavy atom. The summed E-state index contributed by atoms with van der Waals surface area (Å²) in [6.45, 7) is 3.23. The van der Waals surface area contributed by atoms with Crippen molar-refractivity contribution in [1.82, 2.24) is 9.55 Å². The molecule has 0 unspecified atom stereocenters. The largest absolute Gasteiger partial charge is 0.369 e. The number of aryl methyl sites for hydroxylation is 1. The summed E-state index contributed by atoms with van der Waals surface area (Å²) < 4.78 is 2.13. The van der Waals surface area contributed by atoms with E-state index in [4.69, 9.17) is 5.73 Å². The van der Waals surface area contributed by atoms with Gasteiger partial charge in [-0.15, -0.1) is 0 Å². The highest BCUT2D eigenvalue weighted by Gasteiger charge is 2.06. The van der Waals surface area contributed by atoms with Gasteiger partial charge in [-0.1, -0.05) is 51.2 Å². The summed E-state index contributed by atoms with van der Waals surface area (Å²) >= 11 is 0. The van der Waals surface area contributed by atoms with Crippen LogP contribution >= 0.6 is 0 Å². The van der Waals surface area contributed by atoms with Crippen molar-refractivity contribution in [1.29, 1.82) is 0 Å². The number of benzene rings is 1. The van der Waals surface area contributed by atoms with Gasteiger partial charge in [0.15, 0.2) is 0 Å². The quantitative estimate of drug-likeness (QED) is 0.750. The number of anilines is 1. The molecule has 98 valence electrons. The van der Waals surface area contributed by atoms with E-state index in [-0.39, 0.29) is 0 Å². The molecule has 0 aliphatic carbocycles. The minimum Gasteiger partial charge on any atom is -0.369 e. The van der Waals surface area contributed by atoms with E-state index in [1.165, 1.54) is 38.5 Å². The van der Waals surface area contributed by atoms with Gasteiger partial charge in [0, 0.05) is 6.54 Å². The molecule has 0 aliphatic heterocycles. The zero-order chi connectivity index (χ0) is 12.8. The summed E-state index contributed by atoms with van der Waals surface area (Å²) in [7, 11) is 0. The SMILES string of the molecule is CCCCCCCCn1c(N)nc2ccccc21. The Morgan fingerprint density at radius 3 is 2.61 bits per heavy atom. The third kappa shape index (κ3) is 3.03. The smallest absolute Gasteiger partial charge is 0.201 e. The van der Waals surface area contributed by atoms with E-state index < -0.39 is 0 Å². The topological polar surface area (TPSA) is 43.8 Å². The highest BCUT2D eigenvalue weighted by atomic mass is 15.1. The summed E-state index contributed by atoms with van der Waals surface area (Å²) in [4.78, 5) is 4.38. The van der Waals surface area contributed by atoms with Crippen LogP contribution in [-0.4, -0.2) is 9.55 Å². The molecule has 3 nitrogen and oxygen atoms in total. The first-order chi connectivity index (χ1) is 8.83. The lowest BCUT2D eigenvalue weighted by Gasteiger charge is -2.06. The number of unbranched alkanes of at least 4 members (excludes halogenated alkanes) is 5. The Labute approximate surface area is 109 Å². The molecule has 2 aromatic rings. The van der Waals surface area contributed by atoms with Crippen LogP contribution in [0.15, 0.2) is 24.3 Å². The molecule has 3 heteroatoms. The second-order valence-corrected chi connectivity index (χ2v) is 4.88. The number of nitrogen functional groups attached to an aromatic ring is 1. The van der Waals surface area contributed by atoms with Crippen molar-refractivity contribution in [2.24, 2.45) is 0 Å². The molecule has 2 N–H and O–H groups in total. The first-order valence-electron chi connectivity index (χ1n) is 7.03. The lowest BCUT2D eigenvalue weighted by Crippen LogP contribution is -2.03. The van der Waals surface area contributed by atoms with Crippen LogP contribution < -0.4 is 5.73 Å². The molecule has 0 aliphatic rings. The first-order valence-corrected chi connectivity index (χ1v) is 7.03. The number of imidazole rings is 1. The number of hydrogen-bond acceptors (Lipinski definition) is 2. The van der Waals surface area contributed by atoms with Crippen molar-refractivity contribution in [3.8, 4) is 0 Å². The van der Waals surface area contributed by atoms with Gasteiger partial charge in [0.25, 0.3) is 0 Å². The number of para-hydroxylation sites is 2. The molecule has 0 radical (unpaired) electrons. The average molecular weight is 245 g/mol. The van der Waals surface area contributed by atoms with E-state index in [1.807, 2.05) is 18.2 Å². The van der Waals surface area contributed by atoms with Crippen molar-refractivity contribution in [3.63, 3.8) is 0 Å². The van der Waals surface area contributed by atoms with Gasteiger partial charge in [-0.05, 0) is 18.6 Å². The van der Waals surface area contributed by atoms with Crippen LogP contribution in [0, 0.1) is 0 Å². The normalized spacial score (nSPS) is 11.2. The van der Waals surface area contributed by atoms with Crippen molar-refractivity contribution >= 4 is 17.0 Å².